The van der Waals surface area contributed by atoms with Crippen molar-refractivity contribution in [1.82, 2.24) is 14.5 Å². The van der Waals surface area contributed by atoms with Gasteiger partial charge in [-0.3, -0.25) is 4.57 Å². The topological polar surface area (TPSA) is 42.7 Å². The highest BCUT2D eigenvalue weighted by Gasteiger charge is 2.20. The lowest BCUT2D eigenvalue weighted by atomic mass is 9.96. The number of nitrogens with zero attached hydrogens (tertiary/aromatic N) is 3. The zero-order valence-corrected chi connectivity index (χ0v) is 16.5. The van der Waals surface area contributed by atoms with Gasteiger partial charge < -0.3 is 5.32 Å². The Labute approximate surface area is 169 Å². The number of aromatic nitrogens is 3. The van der Waals surface area contributed by atoms with E-state index in [0.717, 1.165) is 48.4 Å². The highest BCUT2D eigenvalue weighted by atomic mass is 19.1. The van der Waals surface area contributed by atoms with E-state index in [1.807, 2.05) is 41.8 Å². The van der Waals surface area contributed by atoms with E-state index >= 15 is 0 Å². The van der Waals surface area contributed by atoms with Gasteiger partial charge in [-0.25, -0.2) is 9.37 Å². The van der Waals surface area contributed by atoms with E-state index in [4.69, 9.17) is 9.97 Å². The Morgan fingerprint density at radius 3 is 2.69 bits per heavy atom. The zero-order valence-electron chi connectivity index (χ0n) is 16.5. The van der Waals surface area contributed by atoms with Crippen molar-refractivity contribution in [2.24, 2.45) is 0 Å². The summed E-state index contributed by atoms with van der Waals surface area (Å²) in [5.41, 5.74) is 5.26. The largest absolute Gasteiger partial charge is 0.366 e. The third-order valence-corrected chi connectivity index (χ3v) is 5.65. The molecule has 1 aliphatic rings. The molecule has 2 aromatic carbocycles. The number of aryl methyl sites for hydroxylation is 2. The van der Waals surface area contributed by atoms with Crippen LogP contribution in [-0.2, 0) is 19.4 Å². The van der Waals surface area contributed by atoms with Gasteiger partial charge in [-0.2, -0.15) is 4.98 Å². The number of halogens is 1. The summed E-state index contributed by atoms with van der Waals surface area (Å²) in [6, 6.07) is 17.3. The van der Waals surface area contributed by atoms with Crippen molar-refractivity contribution in [2.45, 2.75) is 39.2 Å². The second-order valence-corrected chi connectivity index (χ2v) is 7.64. The fraction of sp³-hybridized carbons (Fsp3) is 0.250. The van der Waals surface area contributed by atoms with Crippen LogP contribution in [0.1, 0.15) is 35.4 Å². The fourth-order valence-electron chi connectivity index (χ4n) is 4.20. The second kappa shape index (κ2) is 7.32. The number of benzene rings is 2. The number of hydrogen-bond donors (Lipinski definition) is 1. The van der Waals surface area contributed by atoms with Crippen molar-refractivity contribution in [2.75, 3.05) is 5.32 Å². The maximum absolute atomic E-state index is 14.3. The minimum atomic E-state index is -0.218. The molecule has 0 saturated heterocycles. The lowest BCUT2D eigenvalue weighted by Crippen LogP contribution is -2.16. The molecule has 5 rings (SSSR count). The van der Waals surface area contributed by atoms with Gasteiger partial charge in [0.25, 0.3) is 0 Å². The molecule has 4 nitrogen and oxygen atoms in total. The van der Waals surface area contributed by atoms with Crippen LogP contribution >= 0.6 is 0 Å². The van der Waals surface area contributed by atoms with Crippen LogP contribution in [0, 0.1) is 12.7 Å². The van der Waals surface area contributed by atoms with Gasteiger partial charge in [0, 0.05) is 23.2 Å². The van der Waals surface area contributed by atoms with E-state index < -0.39 is 0 Å². The summed E-state index contributed by atoms with van der Waals surface area (Å²) in [7, 11) is 0. The molecule has 2 aromatic heterocycles. The van der Waals surface area contributed by atoms with E-state index in [2.05, 4.69) is 17.4 Å². The van der Waals surface area contributed by atoms with Gasteiger partial charge in [0.2, 0.25) is 5.95 Å². The summed E-state index contributed by atoms with van der Waals surface area (Å²) in [6.07, 6.45) is 4.25. The van der Waals surface area contributed by atoms with Crippen molar-refractivity contribution in [1.29, 1.82) is 0 Å². The van der Waals surface area contributed by atoms with Gasteiger partial charge in [0.1, 0.15) is 11.6 Å². The Morgan fingerprint density at radius 1 is 1.00 bits per heavy atom. The van der Waals surface area contributed by atoms with Crippen LogP contribution in [0.3, 0.4) is 0 Å². The predicted molar refractivity (Wildman–Crippen MR) is 114 cm³/mol. The molecule has 0 radical (unpaired) electrons. The molecular formula is C24H23FN4. The molecular weight excluding hydrogens is 363 g/mol. The van der Waals surface area contributed by atoms with E-state index in [1.165, 1.54) is 17.2 Å². The standard InChI is InChI=1S/C24H23FN4/c1-16-14-19-20(25)11-7-13-22(19)29(16)24-27-21-12-6-5-10-18(21)23(28-24)26-15-17-8-3-2-4-9-17/h2-4,7-9,11,13-14H,5-6,10,12,15H2,1H3,(H,26,27,28). The first-order chi connectivity index (χ1) is 14.2. The van der Waals surface area contributed by atoms with Gasteiger partial charge in [-0.15, -0.1) is 0 Å². The molecule has 0 fully saturated rings. The van der Waals surface area contributed by atoms with Gasteiger partial charge in [-0.05, 0) is 56.4 Å². The van der Waals surface area contributed by atoms with Crippen LogP contribution in [0.4, 0.5) is 10.2 Å². The van der Waals surface area contributed by atoms with E-state index in [9.17, 15) is 4.39 Å². The molecule has 0 atom stereocenters. The summed E-state index contributed by atoms with van der Waals surface area (Å²) in [5, 5.41) is 4.13. The summed E-state index contributed by atoms with van der Waals surface area (Å²) < 4.78 is 16.2. The summed E-state index contributed by atoms with van der Waals surface area (Å²) in [6.45, 7) is 2.68. The normalized spacial score (nSPS) is 13.4. The summed E-state index contributed by atoms with van der Waals surface area (Å²) in [4.78, 5) is 9.80. The molecule has 5 heteroatoms. The molecule has 1 aliphatic carbocycles. The van der Waals surface area contributed by atoms with Crippen LogP contribution in [0.15, 0.2) is 54.6 Å². The molecule has 4 aromatic rings. The minimum Gasteiger partial charge on any atom is -0.366 e. The SMILES string of the molecule is Cc1cc2c(F)cccc2n1-c1nc2c(c(NCc3ccccc3)n1)CCCC2. The molecule has 2 heterocycles. The molecule has 0 amide bonds. The number of nitrogens with one attached hydrogen (secondary N) is 1. The average molecular weight is 386 g/mol. The van der Waals surface area contributed by atoms with E-state index in [1.54, 1.807) is 6.07 Å². The molecule has 146 valence electrons. The van der Waals surface area contributed by atoms with Crippen molar-refractivity contribution < 1.29 is 4.39 Å². The van der Waals surface area contributed by atoms with Crippen molar-refractivity contribution >= 4 is 16.7 Å². The first kappa shape index (κ1) is 17.9. The van der Waals surface area contributed by atoms with Gasteiger partial charge in [0.15, 0.2) is 0 Å². The average Bonchev–Trinajstić information content (AvgIpc) is 3.10. The highest BCUT2D eigenvalue weighted by molar-refractivity contribution is 5.83. The highest BCUT2D eigenvalue weighted by Crippen LogP contribution is 2.30. The van der Waals surface area contributed by atoms with Gasteiger partial charge in [0.05, 0.1) is 11.2 Å². The van der Waals surface area contributed by atoms with E-state index in [-0.39, 0.29) is 5.82 Å². The first-order valence-electron chi connectivity index (χ1n) is 10.2. The number of anilines is 1. The monoisotopic (exact) mass is 386 g/mol. The molecule has 29 heavy (non-hydrogen) atoms. The Balaban J connectivity index is 1.61. The lowest BCUT2D eigenvalue weighted by Gasteiger charge is -2.20. The minimum absolute atomic E-state index is 0.218. The maximum Gasteiger partial charge on any atom is 0.236 e. The van der Waals surface area contributed by atoms with Gasteiger partial charge in [-0.1, -0.05) is 36.4 Å². The molecule has 1 N–H and O–H groups in total. The molecule has 0 spiro atoms. The Morgan fingerprint density at radius 2 is 1.83 bits per heavy atom. The van der Waals surface area contributed by atoms with Crippen LogP contribution in [0.5, 0.6) is 0 Å². The maximum atomic E-state index is 14.3. The molecule has 0 bridgehead atoms. The first-order valence-corrected chi connectivity index (χ1v) is 10.2. The molecule has 0 saturated carbocycles. The van der Waals surface area contributed by atoms with Crippen LogP contribution < -0.4 is 5.32 Å². The van der Waals surface area contributed by atoms with Crippen LogP contribution in [0.25, 0.3) is 16.9 Å². The third-order valence-electron chi connectivity index (χ3n) is 5.65. The number of hydrogen-bond acceptors (Lipinski definition) is 3. The van der Waals surface area contributed by atoms with Crippen LogP contribution in [-0.4, -0.2) is 14.5 Å². The Hall–Kier alpha value is -3.21. The van der Waals surface area contributed by atoms with Gasteiger partial charge >= 0.3 is 0 Å². The zero-order chi connectivity index (χ0) is 19.8. The fourth-order valence-corrected chi connectivity index (χ4v) is 4.20. The van der Waals surface area contributed by atoms with Crippen molar-refractivity contribution in [3.05, 3.63) is 82.9 Å². The quantitative estimate of drug-likeness (QED) is 0.513. The predicted octanol–water partition coefficient (Wildman–Crippen LogP) is 5.36. The van der Waals surface area contributed by atoms with Crippen molar-refractivity contribution in [3.8, 4) is 5.95 Å². The second-order valence-electron chi connectivity index (χ2n) is 7.64. The molecule has 0 aliphatic heterocycles. The third kappa shape index (κ3) is 3.27. The number of rotatable bonds is 4. The van der Waals surface area contributed by atoms with E-state index in [0.29, 0.717) is 17.9 Å². The molecule has 0 unspecified atom stereocenters. The van der Waals surface area contributed by atoms with Crippen LogP contribution in [0.2, 0.25) is 0 Å². The Bertz CT molecular complexity index is 1180. The lowest BCUT2D eigenvalue weighted by molar-refractivity contribution is 0.640. The van der Waals surface area contributed by atoms with Crippen molar-refractivity contribution in [3.63, 3.8) is 0 Å². The smallest absolute Gasteiger partial charge is 0.236 e. The number of fused-ring (bicyclic) bond motifs is 2. The Kier molecular flexibility index (Phi) is 4.51. The summed E-state index contributed by atoms with van der Waals surface area (Å²) in [5.74, 6) is 1.29. The summed E-state index contributed by atoms with van der Waals surface area (Å²) >= 11 is 0.